The molecule has 0 saturated carbocycles. The molecule has 0 spiro atoms. The van der Waals surface area contributed by atoms with Crippen LogP contribution in [-0.4, -0.2) is 0 Å². The highest BCUT2D eigenvalue weighted by atomic mass is 14.1. The highest BCUT2D eigenvalue weighted by Gasteiger charge is 2.01. The zero-order valence-corrected chi connectivity index (χ0v) is 9.19. The van der Waals surface area contributed by atoms with Gasteiger partial charge in [-0.3, -0.25) is 0 Å². The standard InChI is InChI=1S/C12H24/c1-5-8-9-12(7-3)10-11(4)6-2/h9,11H,5-8,10H2,1-4H3. The van der Waals surface area contributed by atoms with Crippen LogP contribution in [0, 0.1) is 5.92 Å². The first-order chi connectivity index (χ1) is 5.74. The summed E-state index contributed by atoms with van der Waals surface area (Å²) < 4.78 is 0. The van der Waals surface area contributed by atoms with Crippen molar-refractivity contribution in [2.75, 3.05) is 0 Å². The molecule has 0 saturated heterocycles. The molecule has 0 fully saturated rings. The van der Waals surface area contributed by atoms with E-state index in [-0.39, 0.29) is 0 Å². The molecular weight excluding hydrogens is 144 g/mol. The molecule has 0 amide bonds. The van der Waals surface area contributed by atoms with Crippen LogP contribution in [0.4, 0.5) is 0 Å². The summed E-state index contributed by atoms with van der Waals surface area (Å²) in [5.74, 6) is 0.869. The van der Waals surface area contributed by atoms with E-state index in [1.807, 2.05) is 0 Å². The molecule has 0 aromatic heterocycles. The van der Waals surface area contributed by atoms with Crippen molar-refractivity contribution < 1.29 is 0 Å². The van der Waals surface area contributed by atoms with Gasteiger partial charge in [0.25, 0.3) is 0 Å². The monoisotopic (exact) mass is 168 g/mol. The summed E-state index contributed by atoms with van der Waals surface area (Å²) >= 11 is 0. The second-order valence-electron chi connectivity index (χ2n) is 3.72. The predicted octanol–water partition coefficient (Wildman–Crippen LogP) is 4.56. The van der Waals surface area contributed by atoms with E-state index < -0.39 is 0 Å². The lowest BCUT2D eigenvalue weighted by Crippen LogP contribution is -1.94. The van der Waals surface area contributed by atoms with E-state index in [0.29, 0.717) is 0 Å². The third kappa shape index (κ3) is 5.40. The molecule has 0 aromatic carbocycles. The van der Waals surface area contributed by atoms with Crippen molar-refractivity contribution >= 4 is 0 Å². The van der Waals surface area contributed by atoms with E-state index >= 15 is 0 Å². The molecule has 0 aliphatic rings. The van der Waals surface area contributed by atoms with Gasteiger partial charge in [-0.05, 0) is 25.2 Å². The van der Waals surface area contributed by atoms with Gasteiger partial charge in [0, 0.05) is 0 Å². The molecule has 0 aliphatic heterocycles. The first-order valence-electron chi connectivity index (χ1n) is 5.42. The number of rotatable bonds is 6. The van der Waals surface area contributed by atoms with Crippen LogP contribution in [0.5, 0.6) is 0 Å². The average Bonchev–Trinajstić information content (AvgIpc) is 2.11. The van der Waals surface area contributed by atoms with Crippen LogP contribution in [0.1, 0.15) is 59.8 Å². The fraction of sp³-hybridized carbons (Fsp3) is 0.833. The normalized spacial score (nSPS) is 14.8. The van der Waals surface area contributed by atoms with Crippen molar-refractivity contribution in [1.82, 2.24) is 0 Å². The topological polar surface area (TPSA) is 0 Å². The van der Waals surface area contributed by atoms with Crippen LogP contribution in [0.15, 0.2) is 11.6 Å². The maximum Gasteiger partial charge on any atom is -0.0295 e. The Morgan fingerprint density at radius 1 is 1.25 bits per heavy atom. The quantitative estimate of drug-likeness (QED) is 0.510. The Labute approximate surface area is 78.1 Å². The molecule has 0 rings (SSSR count). The van der Waals surface area contributed by atoms with Crippen LogP contribution in [0.2, 0.25) is 0 Å². The van der Waals surface area contributed by atoms with Crippen molar-refractivity contribution in [2.45, 2.75) is 59.8 Å². The van der Waals surface area contributed by atoms with E-state index in [1.54, 1.807) is 5.57 Å². The molecule has 0 N–H and O–H groups in total. The van der Waals surface area contributed by atoms with Gasteiger partial charge in [0.15, 0.2) is 0 Å². The lowest BCUT2D eigenvalue weighted by molar-refractivity contribution is 0.548. The first kappa shape index (κ1) is 11.7. The molecular formula is C12H24. The molecule has 0 heteroatoms. The van der Waals surface area contributed by atoms with Gasteiger partial charge in [-0.1, -0.05) is 52.2 Å². The number of hydrogen-bond acceptors (Lipinski definition) is 0. The zero-order chi connectivity index (χ0) is 9.40. The van der Waals surface area contributed by atoms with Gasteiger partial charge in [0.2, 0.25) is 0 Å². The Morgan fingerprint density at radius 3 is 2.33 bits per heavy atom. The van der Waals surface area contributed by atoms with Crippen LogP contribution in [0.3, 0.4) is 0 Å². The largest absolute Gasteiger partial charge is 0.0853 e. The van der Waals surface area contributed by atoms with Gasteiger partial charge in [-0.15, -0.1) is 0 Å². The van der Waals surface area contributed by atoms with Crippen molar-refractivity contribution in [1.29, 1.82) is 0 Å². The summed E-state index contributed by atoms with van der Waals surface area (Å²) in [6, 6.07) is 0. The Hall–Kier alpha value is -0.260. The fourth-order valence-corrected chi connectivity index (χ4v) is 1.31. The van der Waals surface area contributed by atoms with Crippen LogP contribution in [0.25, 0.3) is 0 Å². The smallest absolute Gasteiger partial charge is 0.0295 e. The highest BCUT2D eigenvalue weighted by molar-refractivity contribution is 5.01. The molecule has 72 valence electrons. The SMILES string of the molecule is CCCC=C(CC)CC(C)CC. The highest BCUT2D eigenvalue weighted by Crippen LogP contribution is 2.17. The van der Waals surface area contributed by atoms with E-state index in [0.717, 1.165) is 5.92 Å². The molecule has 1 atom stereocenters. The zero-order valence-electron chi connectivity index (χ0n) is 9.19. The summed E-state index contributed by atoms with van der Waals surface area (Å²) in [5, 5.41) is 0. The van der Waals surface area contributed by atoms with Crippen LogP contribution < -0.4 is 0 Å². The van der Waals surface area contributed by atoms with Gasteiger partial charge in [0.05, 0.1) is 0 Å². The number of unbranched alkanes of at least 4 members (excludes halogenated alkanes) is 1. The molecule has 1 unspecified atom stereocenters. The van der Waals surface area contributed by atoms with Gasteiger partial charge >= 0.3 is 0 Å². The minimum atomic E-state index is 0.869. The second-order valence-corrected chi connectivity index (χ2v) is 3.72. The maximum atomic E-state index is 2.44. The summed E-state index contributed by atoms with van der Waals surface area (Å²) in [4.78, 5) is 0. The lowest BCUT2D eigenvalue weighted by atomic mass is 9.96. The van der Waals surface area contributed by atoms with E-state index in [1.165, 1.54) is 32.1 Å². The molecule has 0 radical (unpaired) electrons. The maximum absolute atomic E-state index is 2.44. The third-order valence-corrected chi connectivity index (χ3v) is 2.48. The summed E-state index contributed by atoms with van der Waals surface area (Å²) in [7, 11) is 0. The Morgan fingerprint density at radius 2 is 1.92 bits per heavy atom. The number of hydrogen-bond donors (Lipinski definition) is 0. The second kappa shape index (κ2) is 7.39. The lowest BCUT2D eigenvalue weighted by Gasteiger charge is -2.10. The first-order valence-corrected chi connectivity index (χ1v) is 5.42. The molecule has 0 nitrogen and oxygen atoms in total. The Balaban J connectivity index is 3.81. The molecule has 0 aromatic rings. The van der Waals surface area contributed by atoms with E-state index in [2.05, 4.69) is 33.8 Å². The minimum Gasteiger partial charge on any atom is -0.0853 e. The Bertz CT molecular complexity index is 122. The molecule has 0 bridgehead atoms. The number of allylic oxidation sites excluding steroid dienone is 2. The fourth-order valence-electron chi connectivity index (χ4n) is 1.31. The van der Waals surface area contributed by atoms with E-state index in [9.17, 15) is 0 Å². The molecule has 12 heavy (non-hydrogen) atoms. The van der Waals surface area contributed by atoms with Gasteiger partial charge < -0.3 is 0 Å². The summed E-state index contributed by atoms with van der Waals surface area (Å²) in [6.45, 7) is 9.13. The van der Waals surface area contributed by atoms with Crippen molar-refractivity contribution in [3.63, 3.8) is 0 Å². The van der Waals surface area contributed by atoms with Crippen molar-refractivity contribution in [3.05, 3.63) is 11.6 Å². The van der Waals surface area contributed by atoms with Gasteiger partial charge in [-0.25, -0.2) is 0 Å². The third-order valence-electron chi connectivity index (χ3n) is 2.48. The van der Waals surface area contributed by atoms with Crippen LogP contribution in [-0.2, 0) is 0 Å². The van der Waals surface area contributed by atoms with Crippen molar-refractivity contribution in [2.24, 2.45) is 5.92 Å². The molecule has 0 aliphatic carbocycles. The van der Waals surface area contributed by atoms with E-state index in [4.69, 9.17) is 0 Å². The molecule has 0 heterocycles. The van der Waals surface area contributed by atoms with Crippen LogP contribution >= 0.6 is 0 Å². The predicted molar refractivity (Wildman–Crippen MR) is 57.4 cm³/mol. The summed E-state index contributed by atoms with van der Waals surface area (Å²) in [6.07, 6.45) is 8.84. The average molecular weight is 168 g/mol. The van der Waals surface area contributed by atoms with Gasteiger partial charge in [-0.2, -0.15) is 0 Å². The van der Waals surface area contributed by atoms with Gasteiger partial charge in [0.1, 0.15) is 0 Å². The van der Waals surface area contributed by atoms with Crippen molar-refractivity contribution in [3.8, 4) is 0 Å². The summed E-state index contributed by atoms with van der Waals surface area (Å²) in [5.41, 5.74) is 1.66. The Kier molecular flexibility index (Phi) is 7.23. The minimum absolute atomic E-state index is 0.869.